The van der Waals surface area contributed by atoms with Crippen LogP contribution in [0.1, 0.15) is 36.7 Å². The van der Waals surface area contributed by atoms with Gasteiger partial charge in [0.25, 0.3) is 0 Å². The van der Waals surface area contributed by atoms with Crippen LogP contribution < -0.4 is 11.1 Å². The Morgan fingerprint density at radius 2 is 2.08 bits per heavy atom. The fourth-order valence-electron chi connectivity index (χ4n) is 2.73. The normalized spacial score (nSPS) is 16.0. The Hall–Kier alpha value is -2.32. The molecule has 2 rings (SSSR count). The molecule has 0 bridgehead atoms. The maximum absolute atomic E-state index is 13.1. The molecule has 0 unspecified atom stereocenters. The number of nitrogens with two attached hydrogens (primary N) is 1. The van der Waals surface area contributed by atoms with E-state index in [2.05, 4.69) is 15.4 Å². The molecule has 0 atom stereocenters. The van der Waals surface area contributed by atoms with Gasteiger partial charge in [-0.1, -0.05) is 0 Å². The van der Waals surface area contributed by atoms with Gasteiger partial charge in [-0.2, -0.15) is 18.3 Å². The number of halogens is 3. The van der Waals surface area contributed by atoms with Crippen molar-refractivity contribution in [1.82, 2.24) is 15.1 Å². The molecule has 1 aliphatic rings. The molecule has 1 aromatic rings. The molecule has 0 radical (unpaired) electrons. The molecule has 24 heavy (non-hydrogen) atoms. The molecule has 1 aliphatic carbocycles. The molecule has 0 fully saturated rings. The zero-order valence-electron chi connectivity index (χ0n) is 13.6. The summed E-state index contributed by atoms with van der Waals surface area (Å²) in [7, 11) is 1.55. The number of carbonyl (C=O) groups excluding carboxylic acids is 1. The van der Waals surface area contributed by atoms with Crippen LogP contribution >= 0.6 is 0 Å². The third-order valence-corrected chi connectivity index (χ3v) is 3.98. The molecule has 132 valence electrons. The van der Waals surface area contributed by atoms with Gasteiger partial charge in [0.15, 0.2) is 5.69 Å². The van der Waals surface area contributed by atoms with Crippen LogP contribution in [0.3, 0.4) is 0 Å². The topological polar surface area (TPSA) is 85.3 Å². The van der Waals surface area contributed by atoms with Gasteiger partial charge in [-0.25, -0.2) is 0 Å². The zero-order valence-corrected chi connectivity index (χ0v) is 13.6. The first-order valence-corrected chi connectivity index (χ1v) is 7.59. The second-order valence-electron chi connectivity index (χ2n) is 5.57. The Bertz CT molecular complexity index is 688. The molecule has 0 saturated heterocycles. The number of rotatable bonds is 4. The maximum atomic E-state index is 13.1. The lowest BCUT2D eigenvalue weighted by molar-refractivity contribution is -0.142. The number of aromatic nitrogens is 2. The van der Waals surface area contributed by atoms with Crippen LogP contribution in [0.4, 0.5) is 13.2 Å². The Morgan fingerprint density at radius 1 is 1.42 bits per heavy atom. The SMILES string of the molecule is CN=C(C)C(=CN)NC(=O)Cn1nc(C(F)(F)F)c2c1CCCC2. The van der Waals surface area contributed by atoms with Gasteiger partial charge in [-0.05, 0) is 32.6 Å². The smallest absolute Gasteiger partial charge is 0.403 e. The van der Waals surface area contributed by atoms with E-state index in [1.54, 1.807) is 14.0 Å². The van der Waals surface area contributed by atoms with E-state index < -0.39 is 17.8 Å². The summed E-state index contributed by atoms with van der Waals surface area (Å²) < 4.78 is 40.5. The van der Waals surface area contributed by atoms with Crippen LogP contribution in [-0.2, 0) is 30.4 Å². The van der Waals surface area contributed by atoms with Crippen LogP contribution in [0.15, 0.2) is 16.9 Å². The minimum Gasteiger partial charge on any atom is -0.403 e. The number of fused-ring (bicyclic) bond motifs is 1. The fourth-order valence-corrected chi connectivity index (χ4v) is 2.73. The lowest BCUT2D eigenvalue weighted by atomic mass is 9.95. The number of nitrogens with one attached hydrogen (secondary N) is 1. The van der Waals surface area contributed by atoms with Crippen molar-refractivity contribution < 1.29 is 18.0 Å². The van der Waals surface area contributed by atoms with Crippen molar-refractivity contribution in [3.05, 3.63) is 28.8 Å². The van der Waals surface area contributed by atoms with Crippen molar-refractivity contribution in [2.45, 2.75) is 45.3 Å². The van der Waals surface area contributed by atoms with E-state index in [4.69, 9.17) is 5.73 Å². The standard InChI is InChI=1S/C15H20F3N5O/c1-9(20-2)11(7-19)21-13(24)8-23-12-6-4-3-5-10(12)14(22-23)15(16,17)18/h7H,3-6,8,19H2,1-2H3,(H,21,24). The monoisotopic (exact) mass is 343 g/mol. The summed E-state index contributed by atoms with van der Waals surface area (Å²) in [4.78, 5) is 16.1. The molecular formula is C15H20F3N5O. The quantitative estimate of drug-likeness (QED) is 0.818. The van der Waals surface area contributed by atoms with E-state index >= 15 is 0 Å². The molecular weight excluding hydrogens is 323 g/mol. The first-order chi connectivity index (χ1) is 11.3. The Labute approximate surface area is 137 Å². The molecule has 1 amide bonds. The number of amides is 1. The van der Waals surface area contributed by atoms with Crippen LogP contribution in [0.25, 0.3) is 0 Å². The molecule has 0 spiro atoms. The summed E-state index contributed by atoms with van der Waals surface area (Å²) in [6.45, 7) is 1.36. The molecule has 9 heteroatoms. The zero-order chi connectivity index (χ0) is 17.9. The van der Waals surface area contributed by atoms with Gasteiger partial charge in [-0.15, -0.1) is 0 Å². The first kappa shape index (κ1) is 18.0. The van der Waals surface area contributed by atoms with Crippen LogP contribution in [0.5, 0.6) is 0 Å². The van der Waals surface area contributed by atoms with Crippen molar-refractivity contribution in [3.63, 3.8) is 0 Å². The van der Waals surface area contributed by atoms with Crippen molar-refractivity contribution in [2.75, 3.05) is 7.05 Å². The Morgan fingerprint density at radius 3 is 2.67 bits per heavy atom. The molecule has 6 nitrogen and oxygen atoms in total. The highest BCUT2D eigenvalue weighted by Crippen LogP contribution is 2.35. The van der Waals surface area contributed by atoms with E-state index in [-0.39, 0.29) is 12.1 Å². The Kier molecular flexibility index (Phi) is 5.30. The average Bonchev–Trinajstić information content (AvgIpc) is 2.91. The number of nitrogens with zero attached hydrogens (tertiary/aromatic N) is 3. The summed E-state index contributed by atoms with van der Waals surface area (Å²) in [6.07, 6.45) is -1.02. The first-order valence-electron chi connectivity index (χ1n) is 7.59. The fraction of sp³-hybridized carbons (Fsp3) is 0.533. The number of hydrogen-bond donors (Lipinski definition) is 2. The third kappa shape index (κ3) is 3.77. The minimum atomic E-state index is -4.52. The summed E-state index contributed by atoms with van der Waals surface area (Å²) >= 11 is 0. The predicted octanol–water partition coefficient (Wildman–Crippen LogP) is 1.79. The summed E-state index contributed by atoms with van der Waals surface area (Å²) in [5, 5.41) is 6.20. The van der Waals surface area contributed by atoms with Crippen molar-refractivity contribution in [1.29, 1.82) is 0 Å². The minimum absolute atomic E-state index is 0.211. The largest absolute Gasteiger partial charge is 0.435 e. The van der Waals surface area contributed by atoms with Crippen LogP contribution in [0, 0.1) is 0 Å². The van der Waals surface area contributed by atoms with E-state index in [0.29, 0.717) is 36.4 Å². The van der Waals surface area contributed by atoms with Gasteiger partial charge < -0.3 is 11.1 Å². The number of allylic oxidation sites excluding steroid dienone is 1. The van der Waals surface area contributed by atoms with Gasteiger partial charge in [0.1, 0.15) is 6.54 Å². The Balaban J connectivity index is 2.24. The van der Waals surface area contributed by atoms with Gasteiger partial charge in [0, 0.05) is 24.5 Å². The van der Waals surface area contributed by atoms with Gasteiger partial charge in [-0.3, -0.25) is 14.5 Å². The van der Waals surface area contributed by atoms with Gasteiger partial charge in [0.05, 0.1) is 11.4 Å². The molecule has 0 aromatic carbocycles. The molecule has 3 N–H and O–H groups in total. The molecule has 1 aromatic heterocycles. The van der Waals surface area contributed by atoms with E-state index in [1.165, 1.54) is 6.20 Å². The van der Waals surface area contributed by atoms with E-state index in [1.807, 2.05) is 0 Å². The highest BCUT2D eigenvalue weighted by Gasteiger charge is 2.39. The van der Waals surface area contributed by atoms with E-state index in [9.17, 15) is 18.0 Å². The average molecular weight is 343 g/mol. The van der Waals surface area contributed by atoms with E-state index in [0.717, 1.165) is 11.1 Å². The lowest BCUT2D eigenvalue weighted by Crippen LogP contribution is -2.31. The summed E-state index contributed by atoms with van der Waals surface area (Å²) in [5.74, 6) is -0.501. The lowest BCUT2D eigenvalue weighted by Gasteiger charge is -2.15. The molecule has 1 heterocycles. The van der Waals surface area contributed by atoms with Crippen LogP contribution in [0.2, 0.25) is 0 Å². The van der Waals surface area contributed by atoms with Crippen molar-refractivity contribution >= 4 is 11.6 Å². The number of alkyl halides is 3. The molecule has 0 aliphatic heterocycles. The highest BCUT2D eigenvalue weighted by atomic mass is 19.4. The number of hydrogen-bond acceptors (Lipinski definition) is 4. The second kappa shape index (κ2) is 7.06. The van der Waals surface area contributed by atoms with Gasteiger partial charge in [0.2, 0.25) is 5.91 Å². The summed E-state index contributed by atoms with van der Waals surface area (Å²) in [5.41, 5.74) is 6.09. The van der Waals surface area contributed by atoms with Crippen molar-refractivity contribution in [2.24, 2.45) is 10.7 Å². The second-order valence-corrected chi connectivity index (χ2v) is 5.57. The number of aliphatic imine (C=N–C) groups is 1. The number of carbonyl (C=O) groups is 1. The third-order valence-electron chi connectivity index (χ3n) is 3.98. The highest BCUT2D eigenvalue weighted by molar-refractivity contribution is 6.01. The summed E-state index contributed by atoms with van der Waals surface area (Å²) in [6, 6.07) is 0. The van der Waals surface area contributed by atoms with Crippen LogP contribution in [-0.4, -0.2) is 28.4 Å². The predicted molar refractivity (Wildman–Crippen MR) is 83.3 cm³/mol. The van der Waals surface area contributed by atoms with Gasteiger partial charge >= 0.3 is 6.18 Å². The van der Waals surface area contributed by atoms with Crippen molar-refractivity contribution in [3.8, 4) is 0 Å². The molecule has 0 saturated carbocycles. The maximum Gasteiger partial charge on any atom is 0.435 e.